The molecule has 0 bridgehead atoms. The van der Waals surface area contributed by atoms with Crippen molar-refractivity contribution in [2.45, 2.75) is 25.8 Å². The normalized spacial score (nSPS) is 10.1. The molecule has 0 spiro atoms. The number of hydrogen-bond acceptors (Lipinski definition) is 5. The van der Waals surface area contributed by atoms with Gasteiger partial charge in [-0.15, -0.1) is 0 Å². The van der Waals surface area contributed by atoms with Crippen molar-refractivity contribution in [1.29, 1.82) is 0 Å². The molecule has 10 heteroatoms. The predicted octanol–water partition coefficient (Wildman–Crippen LogP) is -6.74. The van der Waals surface area contributed by atoms with Crippen LogP contribution in [-0.2, 0) is 13.6 Å². The summed E-state index contributed by atoms with van der Waals surface area (Å²) >= 11 is 0. The number of azo groups is 1. The average Bonchev–Trinajstić information content (AvgIpc) is 2.98. The highest BCUT2D eigenvalue weighted by Crippen LogP contribution is 2.21. The first-order chi connectivity index (χ1) is 12.2. The number of nitrogens with two attached hydrogens (primary N) is 2. The molecule has 0 unspecified atom stereocenters. The van der Waals surface area contributed by atoms with Gasteiger partial charge in [-0.05, 0) is 56.6 Å². The van der Waals surface area contributed by atoms with E-state index in [1.54, 1.807) is 0 Å². The van der Waals surface area contributed by atoms with E-state index in [0.29, 0.717) is 6.54 Å². The van der Waals surface area contributed by atoms with Crippen LogP contribution in [0.3, 0.4) is 0 Å². The third-order valence-electron chi connectivity index (χ3n) is 4.14. The molecule has 2 aromatic rings. The monoisotopic (exact) mass is 581 g/mol. The zero-order chi connectivity index (χ0) is 18.1. The van der Waals surface area contributed by atoms with Gasteiger partial charge in [0, 0.05) is 24.4 Å². The second-order valence-electron chi connectivity index (χ2n) is 6.18. The van der Waals surface area contributed by atoms with E-state index in [4.69, 9.17) is 11.5 Å². The van der Waals surface area contributed by atoms with Crippen molar-refractivity contribution < 1.29 is 55.5 Å². The molecular formula is C18H30Br3N7-2. The summed E-state index contributed by atoms with van der Waals surface area (Å²) in [6, 6.07) is 8.09. The van der Waals surface area contributed by atoms with E-state index in [2.05, 4.69) is 38.9 Å². The van der Waals surface area contributed by atoms with Gasteiger partial charge in [-0.2, -0.15) is 0 Å². The van der Waals surface area contributed by atoms with Crippen LogP contribution in [-0.4, -0.2) is 31.2 Å². The molecule has 0 saturated carbocycles. The number of anilines is 1. The molecule has 1 heterocycles. The number of aromatic nitrogens is 2. The summed E-state index contributed by atoms with van der Waals surface area (Å²) < 4.78 is 4.08. The second kappa shape index (κ2) is 16.0. The fraction of sp³-hybridized carbons (Fsp3) is 0.500. The standard InChI is InChI=1S/C18H30N7.3BrH/c1-23(12-5-11-20)17-8-6-16(7-9-17)21-22-18-24(2)14-15-25(18)13-4-3-10-19;;;/h6-9,14-15H,3-5,10-13,19-20H2,1-2H3;3*1H/q+1;;;/p-3. The number of aryl methyl sites for hydroxylation is 2. The van der Waals surface area contributed by atoms with E-state index in [-0.39, 0.29) is 50.9 Å². The number of hydrogen-bond donors (Lipinski definition) is 2. The van der Waals surface area contributed by atoms with Gasteiger partial charge < -0.3 is 67.3 Å². The second-order valence-corrected chi connectivity index (χ2v) is 6.18. The molecule has 0 saturated heterocycles. The fourth-order valence-corrected chi connectivity index (χ4v) is 2.58. The SMILES string of the molecule is CN(CCCN)c1ccc(N=Nc2n(CCCCN)cc[n+]2C)cc1.[Br-].[Br-].[Br-]. The van der Waals surface area contributed by atoms with Crippen LogP contribution in [0.25, 0.3) is 0 Å². The Hall–Kier alpha value is -0.810. The van der Waals surface area contributed by atoms with Gasteiger partial charge in [-0.1, -0.05) is 5.11 Å². The van der Waals surface area contributed by atoms with E-state index in [0.717, 1.165) is 56.2 Å². The summed E-state index contributed by atoms with van der Waals surface area (Å²) in [6.45, 7) is 3.27. The quantitative estimate of drug-likeness (QED) is 0.166. The Labute approximate surface area is 199 Å². The van der Waals surface area contributed by atoms with Crippen molar-refractivity contribution >= 4 is 17.3 Å². The Kier molecular flexibility index (Phi) is 16.8. The molecule has 28 heavy (non-hydrogen) atoms. The molecule has 0 atom stereocenters. The molecule has 0 aliphatic heterocycles. The summed E-state index contributed by atoms with van der Waals surface area (Å²) in [7, 11) is 4.05. The van der Waals surface area contributed by atoms with Gasteiger partial charge in [0.05, 0.1) is 26.0 Å². The van der Waals surface area contributed by atoms with Gasteiger partial charge >= 0.3 is 5.95 Å². The zero-order valence-electron chi connectivity index (χ0n) is 16.4. The lowest BCUT2D eigenvalue weighted by atomic mass is 10.2. The minimum atomic E-state index is 0. The largest absolute Gasteiger partial charge is 1.00 e. The Morgan fingerprint density at radius 2 is 1.61 bits per heavy atom. The van der Waals surface area contributed by atoms with E-state index < -0.39 is 0 Å². The smallest absolute Gasteiger partial charge is 0.421 e. The Morgan fingerprint density at radius 3 is 2.21 bits per heavy atom. The minimum Gasteiger partial charge on any atom is -1.00 e. The summed E-state index contributed by atoms with van der Waals surface area (Å²) in [5.41, 5.74) is 13.1. The lowest BCUT2D eigenvalue weighted by molar-refractivity contribution is -0.657. The first-order valence-corrected chi connectivity index (χ1v) is 8.83. The molecule has 4 N–H and O–H groups in total. The van der Waals surface area contributed by atoms with Crippen LogP contribution in [0.15, 0.2) is 46.9 Å². The summed E-state index contributed by atoms with van der Waals surface area (Å²) in [5.74, 6) is 0.834. The maximum atomic E-state index is 5.56. The van der Waals surface area contributed by atoms with Gasteiger partial charge in [0.25, 0.3) is 0 Å². The van der Waals surface area contributed by atoms with Crippen molar-refractivity contribution in [2.24, 2.45) is 28.7 Å². The van der Waals surface area contributed by atoms with E-state index in [1.807, 2.05) is 36.1 Å². The van der Waals surface area contributed by atoms with Gasteiger partial charge in [-0.3, -0.25) is 0 Å². The van der Waals surface area contributed by atoms with Gasteiger partial charge in [0.2, 0.25) is 0 Å². The molecule has 0 aliphatic rings. The molecule has 160 valence electrons. The highest BCUT2D eigenvalue weighted by atomic mass is 79.9. The van der Waals surface area contributed by atoms with Gasteiger partial charge in [0.15, 0.2) is 0 Å². The Balaban J connectivity index is 0. The van der Waals surface area contributed by atoms with Crippen LogP contribution in [0.5, 0.6) is 0 Å². The average molecular weight is 584 g/mol. The van der Waals surface area contributed by atoms with E-state index in [9.17, 15) is 0 Å². The predicted molar refractivity (Wildman–Crippen MR) is 101 cm³/mol. The molecule has 0 amide bonds. The van der Waals surface area contributed by atoms with Crippen LogP contribution in [0.2, 0.25) is 0 Å². The maximum absolute atomic E-state index is 5.56. The van der Waals surface area contributed by atoms with Crippen molar-refractivity contribution in [3.05, 3.63) is 36.7 Å². The lowest BCUT2D eigenvalue weighted by Crippen LogP contribution is -3.00. The molecular weight excluding hydrogens is 554 g/mol. The maximum Gasteiger partial charge on any atom is 0.421 e. The highest BCUT2D eigenvalue weighted by molar-refractivity contribution is 5.52. The third kappa shape index (κ3) is 9.13. The number of benzene rings is 1. The van der Waals surface area contributed by atoms with Crippen molar-refractivity contribution in [3.8, 4) is 0 Å². The van der Waals surface area contributed by atoms with Crippen molar-refractivity contribution in [2.75, 3.05) is 31.6 Å². The van der Waals surface area contributed by atoms with Crippen molar-refractivity contribution in [1.82, 2.24) is 4.57 Å². The van der Waals surface area contributed by atoms with E-state index >= 15 is 0 Å². The van der Waals surface area contributed by atoms with Crippen LogP contribution in [0.4, 0.5) is 17.3 Å². The van der Waals surface area contributed by atoms with Crippen molar-refractivity contribution in [3.63, 3.8) is 0 Å². The third-order valence-corrected chi connectivity index (χ3v) is 4.14. The number of halogens is 3. The number of imidazole rings is 1. The van der Waals surface area contributed by atoms with Crippen LogP contribution in [0, 0.1) is 0 Å². The summed E-state index contributed by atoms with van der Waals surface area (Å²) in [4.78, 5) is 2.19. The van der Waals surface area contributed by atoms with Gasteiger partial charge in [0.1, 0.15) is 5.69 Å². The summed E-state index contributed by atoms with van der Waals surface area (Å²) in [6.07, 6.45) is 7.05. The molecule has 7 nitrogen and oxygen atoms in total. The number of rotatable bonds is 10. The van der Waals surface area contributed by atoms with E-state index in [1.165, 1.54) is 0 Å². The molecule has 0 fully saturated rings. The first kappa shape index (κ1) is 29.4. The molecule has 0 aliphatic carbocycles. The van der Waals surface area contributed by atoms with Crippen LogP contribution < -0.4 is 71.9 Å². The lowest BCUT2D eigenvalue weighted by Gasteiger charge is -2.18. The van der Waals surface area contributed by atoms with Crippen LogP contribution in [0.1, 0.15) is 19.3 Å². The molecule has 1 aromatic heterocycles. The molecule has 2 rings (SSSR count). The van der Waals surface area contributed by atoms with Crippen LogP contribution >= 0.6 is 0 Å². The first-order valence-electron chi connectivity index (χ1n) is 8.83. The fourth-order valence-electron chi connectivity index (χ4n) is 2.58. The van der Waals surface area contributed by atoms with Gasteiger partial charge in [-0.25, -0.2) is 9.13 Å². The number of nitrogens with zero attached hydrogens (tertiary/aromatic N) is 5. The Bertz CT molecular complexity index is 674. The zero-order valence-corrected chi connectivity index (χ0v) is 21.2. The highest BCUT2D eigenvalue weighted by Gasteiger charge is 2.13. The molecule has 1 aromatic carbocycles. The summed E-state index contributed by atoms with van der Waals surface area (Å²) in [5, 5.41) is 8.81. The Morgan fingerprint density at radius 1 is 0.964 bits per heavy atom. The number of unbranched alkanes of at least 4 members (excludes halogenated alkanes) is 1. The minimum absolute atomic E-state index is 0. The topological polar surface area (TPSA) is 88.8 Å². The molecule has 0 radical (unpaired) electrons.